The summed E-state index contributed by atoms with van der Waals surface area (Å²) in [4.78, 5) is 11.7. The molecule has 21 heavy (non-hydrogen) atoms. The van der Waals surface area contributed by atoms with E-state index in [1.54, 1.807) is 11.8 Å². The van der Waals surface area contributed by atoms with Crippen LogP contribution in [-0.2, 0) is 4.79 Å². The summed E-state index contributed by atoms with van der Waals surface area (Å²) in [5, 5.41) is 2.89. The van der Waals surface area contributed by atoms with Crippen LogP contribution < -0.4 is 5.32 Å². The number of para-hydroxylation sites is 1. The molecular formula is C18H19NOS. The van der Waals surface area contributed by atoms with Crippen molar-refractivity contribution in [1.29, 1.82) is 0 Å². The average molecular weight is 297 g/mol. The van der Waals surface area contributed by atoms with Gasteiger partial charge in [-0.2, -0.15) is 11.8 Å². The Hall–Kier alpha value is -2.00. The zero-order valence-corrected chi connectivity index (χ0v) is 12.7. The summed E-state index contributed by atoms with van der Waals surface area (Å²) in [6.45, 7) is 0. The van der Waals surface area contributed by atoms with Crippen LogP contribution >= 0.6 is 11.8 Å². The van der Waals surface area contributed by atoms with Gasteiger partial charge in [0.05, 0.1) is 0 Å². The van der Waals surface area contributed by atoms with E-state index < -0.39 is 0 Å². The maximum Gasteiger partial charge on any atom is 0.225 e. The molecule has 0 saturated heterocycles. The monoisotopic (exact) mass is 297 g/mol. The van der Waals surface area contributed by atoms with Gasteiger partial charge in [0.25, 0.3) is 0 Å². The molecule has 0 heterocycles. The third-order valence-electron chi connectivity index (χ3n) is 2.85. The number of nitrogens with one attached hydrogen (secondary N) is 1. The van der Waals surface area contributed by atoms with Gasteiger partial charge in [-0.05, 0) is 17.7 Å². The Labute approximate surface area is 130 Å². The van der Waals surface area contributed by atoms with E-state index in [-0.39, 0.29) is 5.91 Å². The minimum absolute atomic E-state index is 0.0701. The third-order valence-corrected chi connectivity index (χ3v) is 3.78. The molecule has 0 spiro atoms. The summed E-state index contributed by atoms with van der Waals surface area (Å²) in [6.07, 6.45) is 4.78. The summed E-state index contributed by atoms with van der Waals surface area (Å²) < 4.78 is 0. The Bertz CT molecular complexity index is 566. The number of hydrogen-bond acceptors (Lipinski definition) is 2. The third kappa shape index (κ3) is 6.32. The smallest absolute Gasteiger partial charge is 0.225 e. The van der Waals surface area contributed by atoms with Crippen LogP contribution in [0.15, 0.2) is 66.7 Å². The fraction of sp³-hybridized carbons (Fsp3) is 0.167. The van der Waals surface area contributed by atoms with Gasteiger partial charge in [0.2, 0.25) is 5.91 Å². The number of carbonyl (C=O) groups excluding carboxylic acids is 1. The first-order valence-electron chi connectivity index (χ1n) is 6.99. The van der Waals surface area contributed by atoms with E-state index in [9.17, 15) is 4.79 Å². The highest BCUT2D eigenvalue weighted by Gasteiger charge is 2.00. The molecule has 0 atom stereocenters. The van der Waals surface area contributed by atoms with Crippen LogP contribution in [0.1, 0.15) is 12.0 Å². The first kappa shape index (κ1) is 15.4. The zero-order valence-electron chi connectivity index (χ0n) is 11.9. The average Bonchev–Trinajstić information content (AvgIpc) is 2.53. The number of carbonyl (C=O) groups is 1. The number of benzene rings is 2. The molecule has 2 aromatic rings. The Balaban J connectivity index is 1.59. The van der Waals surface area contributed by atoms with Crippen molar-refractivity contribution in [2.75, 3.05) is 16.8 Å². The second-order valence-electron chi connectivity index (χ2n) is 4.55. The first-order chi connectivity index (χ1) is 10.3. The Kier molecular flexibility index (Phi) is 6.62. The van der Waals surface area contributed by atoms with Crippen LogP contribution in [0.4, 0.5) is 5.69 Å². The summed E-state index contributed by atoms with van der Waals surface area (Å²) in [6, 6.07) is 19.8. The Morgan fingerprint density at radius 2 is 1.67 bits per heavy atom. The van der Waals surface area contributed by atoms with Crippen molar-refractivity contribution in [3.63, 3.8) is 0 Å². The summed E-state index contributed by atoms with van der Waals surface area (Å²) in [5.41, 5.74) is 2.07. The topological polar surface area (TPSA) is 29.1 Å². The van der Waals surface area contributed by atoms with Crippen LogP contribution in [-0.4, -0.2) is 17.4 Å². The van der Waals surface area contributed by atoms with Gasteiger partial charge in [0.1, 0.15) is 0 Å². The standard InChI is InChI=1S/C18H19NOS/c20-18(19-17-11-5-2-6-12-17)13-15-21-14-7-10-16-8-3-1-4-9-16/h1-12H,13-15H2,(H,19,20)/b10-7+. The van der Waals surface area contributed by atoms with Crippen molar-refractivity contribution in [3.8, 4) is 0 Å². The molecule has 1 N–H and O–H groups in total. The lowest BCUT2D eigenvalue weighted by molar-refractivity contribution is -0.115. The van der Waals surface area contributed by atoms with Crippen LogP contribution in [0, 0.1) is 0 Å². The number of thioether (sulfide) groups is 1. The molecule has 108 valence electrons. The van der Waals surface area contributed by atoms with Crippen molar-refractivity contribution in [2.24, 2.45) is 0 Å². The molecule has 0 fully saturated rings. The molecule has 2 rings (SSSR count). The van der Waals surface area contributed by atoms with Crippen molar-refractivity contribution >= 4 is 29.4 Å². The molecule has 1 amide bonds. The van der Waals surface area contributed by atoms with E-state index in [1.165, 1.54) is 5.56 Å². The maximum atomic E-state index is 11.7. The van der Waals surface area contributed by atoms with Gasteiger partial charge in [0, 0.05) is 23.6 Å². The predicted octanol–water partition coefficient (Wildman–Crippen LogP) is 4.46. The number of hydrogen-bond donors (Lipinski definition) is 1. The van der Waals surface area contributed by atoms with Crippen molar-refractivity contribution < 1.29 is 4.79 Å². The molecule has 0 radical (unpaired) electrons. The zero-order chi connectivity index (χ0) is 14.8. The summed E-state index contributed by atoms with van der Waals surface area (Å²) >= 11 is 1.76. The van der Waals surface area contributed by atoms with Crippen molar-refractivity contribution in [1.82, 2.24) is 0 Å². The number of amides is 1. The van der Waals surface area contributed by atoms with E-state index in [0.29, 0.717) is 6.42 Å². The van der Waals surface area contributed by atoms with Crippen molar-refractivity contribution in [3.05, 3.63) is 72.3 Å². The largest absolute Gasteiger partial charge is 0.326 e. The van der Waals surface area contributed by atoms with E-state index in [2.05, 4.69) is 29.6 Å². The fourth-order valence-corrected chi connectivity index (χ4v) is 2.54. The van der Waals surface area contributed by atoms with Crippen LogP contribution in [0.3, 0.4) is 0 Å². The molecular weight excluding hydrogens is 278 g/mol. The molecule has 0 aliphatic carbocycles. The molecule has 0 bridgehead atoms. The normalized spacial score (nSPS) is 10.7. The highest BCUT2D eigenvalue weighted by Crippen LogP contribution is 2.09. The molecule has 0 aliphatic heterocycles. The molecule has 0 saturated carbocycles. The van der Waals surface area contributed by atoms with Crippen LogP contribution in [0.25, 0.3) is 6.08 Å². The second kappa shape index (κ2) is 9.03. The number of anilines is 1. The van der Waals surface area contributed by atoms with E-state index in [0.717, 1.165) is 17.2 Å². The predicted molar refractivity (Wildman–Crippen MR) is 92.5 cm³/mol. The lowest BCUT2D eigenvalue weighted by Gasteiger charge is -2.04. The molecule has 0 aromatic heterocycles. The van der Waals surface area contributed by atoms with E-state index in [1.807, 2.05) is 48.5 Å². The highest BCUT2D eigenvalue weighted by molar-refractivity contribution is 7.99. The highest BCUT2D eigenvalue weighted by atomic mass is 32.2. The summed E-state index contributed by atoms with van der Waals surface area (Å²) in [5.74, 6) is 1.83. The van der Waals surface area contributed by atoms with E-state index >= 15 is 0 Å². The lowest BCUT2D eigenvalue weighted by atomic mass is 10.2. The molecule has 0 unspecified atom stereocenters. The van der Waals surface area contributed by atoms with Gasteiger partial charge in [-0.15, -0.1) is 0 Å². The molecule has 2 aromatic carbocycles. The SMILES string of the molecule is O=C(CCSC/C=C/c1ccccc1)Nc1ccccc1. The number of rotatable bonds is 7. The minimum Gasteiger partial charge on any atom is -0.326 e. The van der Waals surface area contributed by atoms with Gasteiger partial charge in [-0.3, -0.25) is 4.79 Å². The quantitative estimate of drug-likeness (QED) is 0.764. The van der Waals surface area contributed by atoms with Crippen LogP contribution in [0.5, 0.6) is 0 Å². The second-order valence-corrected chi connectivity index (χ2v) is 5.70. The van der Waals surface area contributed by atoms with Crippen LogP contribution in [0.2, 0.25) is 0 Å². The van der Waals surface area contributed by atoms with Gasteiger partial charge in [-0.1, -0.05) is 60.7 Å². The lowest BCUT2D eigenvalue weighted by Crippen LogP contribution is -2.11. The van der Waals surface area contributed by atoms with Gasteiger partial charge < -0.3 is 5.32 Å². The van der Waals surface area contributed by atoms with Crippen molar-refractivity contribution in [2.45, 2.75) is 6.42 Å². The van der Waals surface area contributed by atoms with Gasteiger partial charge >= 0.3 is 0 Å². The molecule has 0 aliphatic rings. The molecule has 2 nitrogen and oxygen atoms in total. The Morgan fingerprint density at radius 3 is 2.38 bits per heavy atom. The van der Waals surface area contributed by atoms with E-state index in [4.69, 9.17) is 0 Å². The fourth-order valence-electron chi connectivity index (χ4n) is 1.81. The molecule has 3 heteroatoms. The van der Waals surface area contributed by atoms with Gasteiger partial charge in [-0.25, -0.2) is 0 Å². The summed E-state index contributed by atoms with van der Waals surface area (Å²) in [7, 11) is 0. The minimum atomic E-state index is 0.0701. The maximum absolute atomic E-state index is 11.7. The first-order valence-corrected chi connectivity index (χ1v) is 8.14. The Morgan fingerprint density at radius 1 is 1.00 bits per heavy atom. The van der Waals surface area contributed by atoms with Gasteiger partial charge in [0.15, 0.2) is 0 Å².